The molecule has 2 aliphatic heterocycles. The van der Waals surface area contributed by atoms with Gasteiger partial charge >= 0.3 is 0 Å². The number of fused-ring (bicyclic) bond motifs is 7. The minimum absolute atomic E-state index is 0.0766. The molecule has 0 spiro atoms. The van der Waals surface area contributed by atoms with Gasteiger partial charge in [-0.05, 0) is 168 Å². The predicted octanol–water partition coefficient (Wildman–Crippen LogP) is 18.0. The quantitative estimate of drug-likeness (QED) is 0.159. The Labute approximate surface area is 453 Å². The molecule has 0 fully saturated rings. The first-order valence-corrected chi connectivity index (χ1v) is 27.5. The molecule has 0 unspecified atom stereocenters. The van der Waals surface area contributed by atoms with Crippen LogP contribution in [-0.2, 0) is 21.7 Å². The van der Waals surface area contributed by atoms with Crippen molar-refractivity contribution in [3.05, 3.63) is 215 Å². The monoisotopic (exact) mass is 990 g/mol. The van der Waals surface area contributed by atoms with Crippen molar-refractivity contribution >= 4 is 79.0 Å². The molecule has 378 valence electrons. The summed E-state index contributed by atoms with van der Waals surface area (Å²) >= 11 is 0. The van der Waals surface area contributed by atoms with E-state index < -0.39 is 0 Å². The summed E-state index contributed by atoms with van der Waals surface area (Å²) < 4.78 is 2.53. The first-order chi connectivity index (χ1) is 36.0. The third kappa shape index (κ3) is 8.19. The zero-order valence-corrected chi connectivity index (χ0v) is 47.2. The summed E-state index contributed by atoms with van der Waals surface area (Å²) in [6, 6.07) is 70.3. The van der Waals surface area contributed by atoms with E-state index >= 15 is 0 Å². The maximum absolute atomic E-state index is 2.66. The second-order valence-corrected chi connectivity index (χ2v) is 26.1. The number of hydrogen-bond acceptors (Lipinski definition) is 2. The molecule has 0 aliphatic carbocycles. The number of para-hydroxylation sites is 2. The second kappa shape index (κ2) is 17.5. The summed E-state index contributed by atoms with van der Waals surface area (Å²) in [4.78, 5) is 5.32. The zero-order valence-electron chi connectivity index (χ0n) is 47.2. The van der Waals surface area contributed by atoms with Crippen LogP contribution in [0.2, 0.25) is 0 Å². The standard InChI is InChI=1S/C72H72BN3/c1-45-23-15-17-25-56(45)47-31-33-60-64(35-47)75(53-39-49(69(3,4)5)37-50(40-53)70(6,7)8)66-43-55(74-62-29-21-19-27-58(62)59-28-20-22-30-63(59)74)44-67-68(66)73(60)61-34-32-48(57-26-18-16-24-46(57)2)36-65(61)76(67)54-41-51(71(9,10)11)38-52(42-54)72(12,13)14/h15-44H,1-14H3. The number of aromatic nitrogens is 1. The Kier molecular flexibility index (Phi) is 11.4. The molecule has 1 aromatic heterocycles. The number of anilines is 6. The summed E-state index contributed by atoms with van der Waals surface area (Å²) in [7, 11) is 0. The van der Waals surface area contributed by atoms with E-state index in [0.29, 0.717) is 0 Å². The minimum atomic E-state index is -0.0994. The molecule has 0 N–H and O–H groups in total. The predicted molar refractivity (Wildman–Crippen MR) is 330 cm³/mol. The Hall–Kier alpha value is -7.56. The molecule has 0 bridgehead atoms. The van der Waals surface area contributed by atoms with Crippen LogP contribution in [0.5, 0.6) is 0 Å². The topological polar surface area (TPSA) is 11.4 Å². The normalized spacial score (nSPS) is 13.6. The second-order valence-electron chi connectivity index (χ2n) is 26.1. The van der Waals surface area contributed by atoms with E-state index in [9.17, 15) is 0 Å². The molecule has 10 aromatic rings. The molecule has 3 nitrogen and oxygen atoms in total. The lowest BCUT2D eigenvalue weighted by atomic mass is 9.33. The first kappa shape index (κ1) is 49.3. The molecule has 4 heteroatoms. The highest BCUT2D eigenvalue weighted by atomic mass is 15.2. The highest BCUT2D eigenvalue weighted by molar-refractivity contribution is 7.00. The molecule has 0 saturated carbocycles. The lowest BCUT2D eigenvalue weighted by Gasteiger charge is -2.45. The van der Waals surface area contributed by atoms with Gasteiger partial charge in [0.1, 0.15) is 0 Å². The molecule has 0 amide bonds. The molecular formula is C72H72BN3. The third-order valence-electron chi connectivity index (χ3n) is 16.6. The maximum Gasteiger partial charge on any atom is 0.252 e. The highest BCUT2D eigenvalue weighted by Crippen LogP contribution is 2.50. The van der Waals surface area contributed by atoms with Crippen LogP contribution in [0.1, 0.15) is 116 Å². The maximum atomic E-state index is 2.66. The summed E-state index contributed by atoms with van der Waals surface area (Å²) in [6.45, 7) is 32.7. The van der Waals surface area contributed by atoms with Crippen LogP contribution in [0.3, 0.4) is 0 Å². The molecule has 2 aliphatic rings. The lowest BCUT2D eigenvalue weighted by Crippen LogP contribution is -2.61. The van der Waals surface area contributed by atoms with Gasteiger partial charge in [-0.1, -0.05) is 204 Å². The number of hydrogen-bond donors (Lipinski definition) is 0. The van der Waals surface area contributed by atoms with Crippen molar-refractivity contribution in [2.24, 2.45) is 0 Å². The van der Waals surface area contributed by atoms with Crippen LogP contribution < -0.4 is 26.2 Å². The van der Waals surface area contributed by atoms with Gasteiger partial charge in [0.2, 0.25) is 0 Å². The van der Waals surface area contributed by atoms with Gasteiger partial charge in [0, 0.05) is 44.9 Å². The molecule has 3 heterocycles. The van der Waals surface area contributed by atoms with Crippen molar-refractivity contribution in [2.45, 2.75) is 119 Å². The smallest absolute Gasteiger partial charge is 0.252 e. The lowest BCUT2D eigenvalue weighted by molar-refractivity contribution is 0.568. The van der Waals surface area contributed by atoms with Gasteiger partial charge < -0.3 is 14.4 Å². The van der Waals surface area contributed by atoms with Crippen molar-refractivity contribution in [1.82, 2.24) is 4.57 Å². The average molecular weight is 990 g/mol. The fourth-order valence-electron chi connectivity index (χ4n) is 12.2. The highest BCUT2D eigenvalue weighted by Gasteiger charge is 2.45. The van der Waals surface area contributed by atoms with Crippen LogP contribution in [0.4, 0.5) is 34.1 Å². The van der Waals surface area contributed by atoms with E-state index in [1.165, 1.54) is 128 Å². The fraction of sp³-hybridized carbons (Fsp3) is 0.250. The first-order valence-electron chi connectivity index (χ1n) is 27.5. The summed E-state index contributed by atoms with van der Waals surface area (Å²) in [6.07, 6.45) is 0. The van der Waals surface area contributed by atoms with E-state index in [4.69, 9.17) is 0 Å². The zero-order chi connectivity index (χ0) is 53.4. The van der Waals surface area contributed by atoms with Crippen LogP contribution in [0.25, 0.3) is 49.7 Å². The minimum Gasteiger partial charge on any atom is -0.311 e. The van der Waals surface area contributed by atoms with E-state index in [1.807, 2.05) is 0 Å². The molecule has 0 atom stereocenters. The molecule has 76 heavy (non-hydrogen) atoms. The number of nitrogens with zero attached hydrogens (tertiary/aromatic N) is 3. The summed E-state index contributed by atoms with van der Waals surface area (Å²) in [5.74, 6) is 0. The van der Waals surface area contributed by atoms with Gasteiger partial charge in [0.25, 0.3) is 6.71 Å². The van der Waals surface area contributed by atoms with Gasteiger partial charge in [0.05, 0.1) is 16.7 Å². The van der Waals surface area contributed by atoms with E-state index in [2.05, 4.69) is 293 Å². The van der Waals surface area contributed by atoms with Crippen molar-refractivity contribution in [3.8, 4) is 27.9 Å². The van der Waals surface area contributed by atoms with Crippen molar-refractivity contribution in [1.29, 1.82) is 0 Å². The van der Waals surface area contributed by atoms with Gasteiger partial charge in [-0.25, -0.2) is 0 Å². The van der Waals surface area contributed by atoms with Gasteiger partial charge in [0.15, 0.2) is 0 Å². The number of aryl methyl sites for hydroxylation is 2. The molecule has 9 aromatic carbocycles. The number of benzene rings is 9. The largest absolute Gasteiger partial charge is 0.311 e. The van der Waals surface area contributed by atoms with Crippen LogP contribution >= 0.6 is 0 Å². The number of rotatable bonds is 5. The average Bonchev–Trinajstić information content (AvgIpc) is 3.78. The van der Waals surface area contributed by atoms with Gasteiger partial charge in [-0.2, -0.15) is 0 Å². The van der Waals surface area contributed by atoms with Gasteiger partial charge in [-0.3, -0.25) is 0 Å². The Morgan fingerprint density at radius 3 is 1.05 bits per heavy atom. The molecule has 12 rings (SSSR count). The Morgan fingerprint density at radius 2 is 0.684 bits per heavy atom. The molecular weight excluding hydrogens is 918 g/mol. The van der Waals surface area contributed by atoms with E-state index in [0.717, 1.165) is 5.69 Å². The van der Waals surface area contributed by atoms with Crippen LogP contribution in [-0.4, -0.2) is 11.3 Å². The third-order valence-corrected chi connectivity index (χ3v) is 16.6. The van der Waals surface area contributed by atoms with E-state index in [-0.39, 0.29) is 28.4 Å². The summed E-state index contributed by atoms with van der Waals surface area (Å²) in [5, 5.41) is 2.50. The van der Waals surface area contributed by atoms with Crippen LogP contribution in [0, 0.1) is 13.8 Å². The fourth-order valence-corrected chi connectivity index (χ4v) is 12.2. The Morgan fingerprint density at radius 1 is 0.329 bits per heavy atom. The van der Waals surface area contributed by atoms with Gasteiger partial charge in [-0.15, -0.1) is 0 Å². The van der Waals surface area contributed by atoms with E-state index in [1.54, 1.807) is 0 Å². The summed E-state index contributed by atoms with van der Waals surface area (Å²) in [5.41, 5.74) is 27.0. The Bertz CT molecular complexity index is 3650. The van der Waals surface area contributed by atoms with Crippen LogP contribution in [0.15, 0.2) is 182 Å². The Balaban J connectivity index is 1.28. The SMILES string of the molecule is Cc1ccccc1-c1ccc2c(c1)N(c1cc(C(C)(C)C)cc(C(C)(C)C)c1)c1cc(-n3c4ccccc4c4ccccc43)cc3c1B2c1ccc(-c2ccccc2C)cc1N3c1cc(C(C)(C)C)cc(C(C)(C)C)c1. The molecule has 0 radical (unpaired) electrons. The molecule has 0 saturated heterocycles. The van der Waals surface area contributed by atoms with Crippen molar-refractivity contribution < 1.29 is 0 Å². The van der Waals surface area contributed by atoms with Crippen molar-refractivity contribution in [3.63, 3.8) is 0 Å². The van der Waals surface area contributed by atoms with Crippen molar-refractivity contribution in [2.75, 3.05) is 9.80 Å².